The van der Waals surface area contributed by atoms with E-state index in [9.17, 15) is 0 Å². The fourth-order valence-electron chi connectivity index (χ4n) is 2.07. The summed E-state index contributed by atoms with van der Waals surface area (Å²) in [6.45, 7) is 2.29. The molecule has 0 aliphatic heterocycles. The minimum Gasteiger partial charge on any atom is -0.327 e. The van der Waals surface area contributed by atoms with Gasteiger partial charge in [-0.05, 0) is 30.6 Å². The second kappa shape index (κ2) is 1.27. The summed E-state index contributed by atoms with van der Waals surface area (Å²) in [6.07, 6.45) is 2.79. The van der Waals surface area contributed by atoms with Crippen molar-refractivity contribution in [3.8, 4) is 0 Å². The molecule has 2 fully saturated rings. The van der Waals surface area contributed by atoms with Crippen LogP contribution in [0, 0.1) is 17.8 Å². The fraction of sp³-hybridized carbons (Fsp3) is 1.00. The van der Waals surface area contributed by atoms with Crippen molar-refractivity contribution >= 4 is 0 Å². The zero-order valence-electron chi connectivity index (χ0n) is 5.30. The second-order valence-corrected chi connectivity index (χ2v) is 3.42. The van der Waals surface area contributed by atoms with E-state index >= 15 is 0 Å². The Bertz CT molecular complexity index is 109. The monoisotopic (exact) mass is 111 g/mol. The summed E-state index contributed by atoms with van der Waals surface area (Å²) in [5, 5.41) is 0. The van der Waals surface area contributed by atoms with Crippen LogP contribution in [0.3, 0.4) is 0 Å². The minimum atomic E-state index is 0.541. The lowest BCUT2D eigenvalue weighted by atomic mass is 10.0. The SMILES string of the molecule is CC1C(N)CC2CC21. The van der Waals surface area contributed by atoms with Gasteiger partial charge in [0.25, 0.3) is 0 Å². The Morgan fingerprint density at radius 3 is 2.38 bits per heavy atom. The van der Waals surface area contributed by atoms with Crippen LogP contribution < -0.4 is 5.73 Å². The standard InChI is InChI=1S/C7H13N/c1-4-6-2-5(6)3-7(4)8/h4-7H,2-3,8H2,1H3. The van der Waals surface area contributed by atoms with Crippen LogP contribution in [0.2, 0.25) is 0 Å². The summed E-state index contributed by atoms with van der Waals surface area (Å²) in [7, 11) is 0. The summed E-state index contributed by atoms with van der Waals surface area (Å²) < 4.78 is 0. The van der Waals surface area contributed by atoms with E-state index in [0.717, 1.165) is 17.8 Å². The molecule has 0 heterocycles. The molecule has 2 rings (SSSR count). The molecule has 8 heavy (non-hydrogen) atoms. The maximum Gasteiger partial charge on any atom is 0.00700 e. The molecule has 1 heteroatoms. The van der Waals surface area contributed by atoms with E-state index in [1.165, 1.54) is 12.8 Å². The maximum atomic E-state index is 5.80. The maximum absolute atomic E-state index is 5.80. The molecule has 0 aromatic rings. The topological polar surface area (TPSA) is 26.0 Å². The number of nitrogens with two attached hydrogens (primary N) is 1. The lowest BCUT2D eigenvalue weighted by Crippen LogP contribution is -2.24. The summed E-state index contributed by atoms with van der Waals surface area (Å²) in [4.78, 5) is 0. The molecule has 2 saturated carbocycles. The van der Waals surface area contributed by atoms with Crippen molar-refractivity contribution in [1.82, 2.24) is 0 Å². The highest BCUT2D eigenvalue weighted by molar-refractivity contribution is 5.01. The van der Waals surface area contributed by atoms with Gasteiger partial charge in [0, 0.05) is 6.04 Å². The Balaban J connectivity index is 2.08. The van der Waals surface area contributed by atoms with Gasteiger partial charge in [0.2, 0.25) is 0 Å². The van der Waals surface area contributed by atoms with Crippen LogP contribution in [0.1, 0.15) is 19.8 Å². The first-order valence-corrected chi connectivity index (χ1v) is 3.54. The van der Waals surface area contributed by atoms with Crippen molar-refractivity contribution < 1.29 is 0 Å². The highest BCUT2D eigenvalue weighted by atomic mass is 14.7. The molecule has 0 amide bonds. The molecule has 0 radical (unpaired) electrons. The van der Waals surface area contributed by atoms with Gasteiger partial charge < -0.3 is 5.73 Å². The van der Waals surface area contributed by atoms with Crippen LogP contribution in [0.25, 0.3) is 0 Å². The van der Waals surface area contributed by atoms with Crippen LogP contribution in [0.15, 0.2) is 0 Å². The molecule has 4 atom stereocenters. The van der Waals surface area contributed by atoms with Crippen molar-refractivity contribution in [2.24, 2.45) is 23.5 Å². The Morgan fingerprint density at radius 2 is 2.12 bits per heavy atom. The summed E-state index contributed by atoms with van der Waals surface area (Å²) in [5.74, 6) is 2.91. The first-order chi connectivity index (χ1) is 3.79. The van der Waals surface area contributed by atoms with E-state index in [1.807, 2.05) is 0 Å². The predicted octanol–water partition coefficient (Wildman–Crippen LogP) is 0.990. The molecule has 2 aliphatic rings. The van der Waals surface area contributed by atoms with Gasteiger partial charge >= 0.3 is 0 Å². The molecule has 0 aromatic heterocycles. The first-order valence-electron chi connectivity index (χ1n) is 3.54. The Kier molecular flexibility index (Phi) is 0.762. The normalized spacial score (nSPS) is 60.8. The van der Waals surface area contributed by atoms with Crippen LogP contribution in [-0.4, -0.2) is 6.04 Å². The minimum absolute atomic E-state index is 0.541. The van der Waals surface area contributed by atoms with E-state index < -0.39 is 0 Å². The molecule has 4 unspecified atom stereocenters. The van der Waals surface area contributed by atoms with Gasteiger partial charge in [0.15, 0.2) is 0 Å². The average molecular weight is 111 g/mol. The molecular weight excluding hydrogens is 98.1 g/mol. The van der Waals surface area contributed by atoms with E-state index in [-0.39, 0.29) is 0 Å². The summed E-state index contributed by atoms with van der Waals surface area (Å²) in [5.41, 5.74) is 5.80. The van der Waals surface area contributed by atoms with E-state index in [4.69, 9.17) is 5.73 Å². The molecule has 0 spiro atoms. The lowest BCUT2D eigenvalue weighted by molar-refractivity contribution is 0.457. The van der Waals surface area contributed by atoms with Gasteiger partial charge in [0.05, 0.1) is 0 Å². The zero-order valence-corrected chi connectivity index (χ0v) is 5.30. The highest BCUT2D eigenvalue weighted by Gasteiger charge is 2.49. The second-order valence-electron chi connectivity index (χ2n) is 3.42. The smallest absolute Gasteiger partial charge is 0.00700 e. The average Bonchev–Trinajstić information content (AvgIpc) is 2.39. The Morgan fingerprint density at radius 1 is 1.38 bits per heavy atom. The number of hydrogen-bond donors (Lipinski definition) is 1. The van der Waals surface area contributed by atoms with Gasteiger partial charge in [-0.3, -0.25) is 0 Å². The Labute approximate surface area is 50.3 Å². The molecule has 2 aliphatic carbocycles. The number of fused-ring (bicyclic) bond motifs is 1. The van der Waals surface area contributed by atoms with Gasteiger partial charge in [0.1, 0.15) is 0 Å². The van der Waals surface area contributed by atoms with Crippen molar-refractivity contribution in [3.63, 3.8) is 0 Å². The largest absolute Gasteiger partial charge is 0.327 e. The molecule has 0 saturated heterocycles. The predicted molar refractivity (Wildman–Crippen MR) is 33.4 cm³/mol. The van der Waals surface area contributed by atoms with E-state index in [2.05, 4.69) is 6.92 Å². The number of rotatable bonds is 0. The van der Waals surface area contributed by atoms with Crippen LogP contribution in [0.5, 0.6) is 0 Å². The summed E-state index contributed by atoms with van der Waals surface area (Å²) >= 11 is 0. The van der Waals surface area contributed by atoms with Crippen LogP contribution >= 0.6 is 0 Å². The van der Waals surface area contributed by atoms with Gasteiger partial charge in [-0.25, -0.2) is 0 Å². The van der Waals surface area contributed by atoms with Crippen molar-refractivity contribution in [3.05, 3.63) is 0 Å². The van der Waals surface area contributed by atoms with E-state index in [0.29, 0.717) is 6.04 Å². The molecule has 0 bridgehead atoms. The van der Waals surface area contributed by atoms with E-state index in [1.54, 1.807) is 0 Å². The number of hydrogen-bond acceptors (Lipinski definition) is 1. The highest BCUT2D eigenvalue weighted by Crippen LogP contribution is 2.54. The fourth-order valence-corrected chi connectivity index (χ4v) is 2.07. The van der Waals surface area contributed by atoms with Crippen molar-refractivity contribution in [2.75, 3.05) is 0 Å². The third kappa shape index (κ3) is 0.455. The van der Waals surface area contributed by atoms with Crippen molar-refractivity contribution in [1.29, 1.82) is 0 Å². The first kappa shape index (κ1) is 4.80. The molecule has 46 valence electrons. The van der Waals surface area contributed by atoms with Gasteiger partial charge in [-0.1, -0.05) is 6.92 Å². The quantitative estimate of drug-likeness (QED) is 0.495. The third-order valence-electron chi connectivity index (χ3n) is 2.90. The third-order valence-corrected chi connectivity index (χ3v) is 2.90. The summed E-state index contributed by atoms with van der Waals surface area (Å²) in [6, 6.07) is 0.541. The lowest BCUT2D eigenvalue weighted by Gasteiger charge is -2.10. The van der Waals surface area contributed by atoms with Crippen molar-refractivity contribution in [2.45, 2.75) is 25.8 Å². The van der Waals surface area contributed by atoms with Gasteiger partial charge in [-0.15, -0.1) is 0 Å². The van der Waals surface area contributed by atoms with Gasteiger partial charge in [-0.2, -0.15) is 0 Å². The molecular formula is C7H13N. The Hall–Kier alpha value is -0.0400. The van der Waals surface area contributed by atoms with Crippen LogP contribution in [-0.2, 0) is 0 Å². The molecule has 2 N–H and O–H groups in total. The molecule has 1 nitrogen and oxygen atoms in total. The zero-order chi connectivity index (χ0) is 5.72. The molecule has 0 aromatic carbocycles. The van der Waals surface area contributed by atoms with Crippen LogP contribution in [0.4, 0.5) is 0 Å².